The molecule has 0 N–H and O–H groups in total. The van der Waals surface area contributed by atoms with Crippen molar-refractivity contribution in [1.82, 2.24) is 4.98 Å². The molecule has 0 aliphatic carbocycles. The van der Waals surface area contributed by atoms with Crippen molar-refractivity contribution in [3.05, 3.63) is 78.6 Å². The Kier molecular flexibility index (Phi) is 5.93. The Morgan fingerprint density at radius 3 is 2.68 bits per heavy atom. The van der Waals surface area contributed by atoms with Gasteiger partial charge < -0.3 is 9.47 Å². The molecule has 0 bridgehead atoms. The maximum Gasteiger partial charge on any atom is 0.331 e. The van der Waals surface area contributed by atoms with Crippen molar-refractivity contribution < 1.29 is 14.3 Å². The van der Waals surface area contributed by atoms with Gasteiger partial charge in [0.15, 0.2) is 0 Å². The minimum Gasteiger partial charge on any atom is -0.487 e. The van der Waals surface area contributed by atoms with Crippen molar-refractivity contribution in [2.75, 3.05) is 6.61 Å². The van der Waals surface area contributed by atoms with Gasteiger partial charge >= 0.3 is 5.97 Å². The number of carbonyl (C=O) groups excluding carboxylic acids is 1. The summed E-state index contributed by atoms with van der Waals surface area (Å²) >= 11 is 0. The molecule has 0 aliphatic heterocycles. The van der Waals surface area contributed by atoms with Crippen LogP contribution < -0.4 is 4.74 Å². The van der Waals surface area contributed by atoms with E-state index in [4.69, 9.17) is 9.47 Å². The summed E-state index contributed by atoms with van der Waals surface area (Å²) in [5.74, 6) is 0.354. The fourth-order valence-corrected chi connectivity index (χ4v) is 1.67. The lowest BCUT2D eigenvalue weighted by Gasteiger charge is -2.05. The van der Waals surface area contributed by atoms with Crippen molar-refractivity contribution in [3.63, 3.8) is 0 Å². The summed E-state index contributed by atoms with van der Waals surface area (Å²) in [5.41, 5.74) is 1.76. The van der Waals surface area contributed by atoms with Crippen LogP contribution in [0, 0.1) is 0 Å². The van der Waals surface area contributed by atoms with Crippen LogP contribution in [0.3, 0.4) is 0 Å². The molecule has 0 radical (unpaired) electrons. The summed E-state index contributed by atoms with van der Waals surface area (Å²) in [5, 5.41) is 0. The first-order valence-corrected chi connectivity index (χ1v) is 6.86. The molecule has 1 heterocycles. The van der Waals surface area contributed by atoms with Gasteiger partial charge in [-0.2, -0.15) is 0 Å². The van der Waals surface area contributed by atoms with E-state index in [1.54, 1.807) is 12.3 Å². The summed E-state index contributed by atoms with van der Waals surface area (Å²) in [6, 6.07) is 13.1. The lowest BCUT2D eigenvalue weighted by molar-refractivity contribution is -0.136. The van der Waals surface area contributed by atoms with E-state index in [1.165, 1.54) is 12.2 Å². The molecule has 22 heavy (non-hydrogen) atoms. The number of rotatable bonds is 7. The zero-order valence-corrected chi connectivity index (χ0v) is 12.1. The van der Waals surface area contributed by atoms with E-state index in [-0.39, 0.29) is 6.61 Å². The second-order valence-corrected chi connectivity index (χ2v) is 4.43. The van der Waals surface area contributed by atoms with Gasteiger partial charge in [-0.15, -0.1) is 0 Å². The van der Waals surface area contributed by atoms with E-state index in [2.05, 4.69) is 11.6 Å². The van der Waals surface area contributed by atoms with Crippen molar-refractivity contribution in [2.24, 2.45) is 0 Å². The minimum absolute atomic E-state index is 0.212. The van der Waals surface area contributed by atoms with E-state index in [0.717, 1.165) is 17.0 Å². The number of esters is 1. The average molecular weight is 295 g/mol. The van der Waals surface area contributed by atoms with Crippen LogP contribution in [0.25, 0.3) is 6.08 Å². The summed E-state index contributed by atoms with van der Waals surface area (Å²) in [7, 11) is 0. The van der Waals surface area contributed by atoms with Crippen molar-refractivity contribution in [3.8, 4) is 5.75 Å². The van der Waals surface area contributed by atoms with Crippen LogP contribution in [0.15, 0.2) is 67.4 Å². The van der Waals surface area contributed by atoms with Gasteiger partial charge in [-0.1, -0.05) is 30.9 Å². The summed E-state index contributed by atoms with van der Waals surface area (Å²) in [6.07, 6.45) is 6.33. The van der Waals surface area contributed by atoms with Crippen LogP contribution in [0.4, 0.5) is 0 Å². The first kappa shape index (κ1) is 15.5. The standard InChI is InChI=1S/C18H17NO3/c1-2-13-21-18(20)11-8-15-6-9-17(10-7-15)22-14-16-5-3-4-12-19-16/h2-12H,1,13-14H2. The monoisotopic (exact) mass is 295 g/mol. The molecule has 1 aromatic heterocycles. The predicted molar refractivity (Wildman–Crippen MR) is 85.2 cm³/mol. The maximum atomic E-state index is 11.3. The van der Waals surface area contributed by atoms with Gasteiger partial charge in [0.1, 0.15) is 19.0 Å². The third-order valence-corrected chi connectivity index (χ3v) is 2.75. The van der Waals surface area contributed by atoms with Crippen LogP contribution in [0.1, 0.15) is 11.3 Å². The number of hydrogen-bond acceptors (Lipinski definition) is 4. The second-order valence-electron chi connectivity index (χ2n) is 4.43. The summed E-state index contributed by atoms with van der Waals surface area (Å²) < 4.78 is 10.5. The Hall–Kier alpha value is -2.88. The molecule has 0 amide bonds. The van der Waals surface area contributed by atoms with Gasteiger partial charge in [-0.05, 0) is 35.9 Å². The summed E-state index contributed by atoms with van der Waals surface area (Å²) in [6.45, 7) is 4.11. The van der Waals surface area contributed by atoms with Crippen LogP contribution in [0.5, 0.6) is 5.75 Å². The fourth-order valence-electron chi connectivity index (χ4n) is 1.67. The normalized spacial score (nSPS) is 10.4. The number of nitrogens with zero attached hydrogens (tertiary/aromatic N) is 1. The molecule has 0 spiro atoms. The van der Waals surface area contributed by atoms with Gasteiger partial charge in [0.25, 0.3) is 0 Å². The Labute approximate surface area is 129 Å². The maximum absolute atomic E-state index is 11.3. The Morgan fingerprint density at radius 2 is 2.00 bits per heavy atom. The van der Waals surface area contributed by atoms with Crippen LogP contribution in [-0.2, 0) is 16.1 Å². The fraction of sp³-hybridized carbons (Fsp3) is 0.111. The Morgan fingerprint density at radius 1 is 1.18 bits per heavy atom. The van der Waals surface area contributed by atoms with Crippen LogP contribution >= 0.6 is 0 Å². The van der Waals surface area contributed by atoms with Crippen molar-refractivity contribution >= 4 is 12.0 Å². The molecule has 2 rings (SSSR count). The quantitative estimate of drug-likeness (QED) is 0.446. The van der Waals surface area contributed by atoms with Gasteiger partial charge in [-0.3, -0.25) is 4.98 Å². The number of pyridine rings is 1. The summed E-state index contributed by atoms with van der Waals surface area (Å²) in [4.78, 5) is 15.5. The topological polar surface area (TPSA) is 48.4 Å². The number of carbonyl (C=O) groups is 1. The number of ether oxygens (including phenoxy) is 2. The Bertz CT molecular complexity index is 633. The highest BCUT2D eigenvalue weighted by atomic mass is 16.5. The van der Waals surface area contributed by atoms with E-state index in [1.807, 2.05) is 42.5 Å². The molecule has 1 aromatic carbocycles. The predicted octanol–water partition coefficient (Wildman–Crippen LogP) is 3.40. The molecule has 0 saturated heterocycles. The molecule has 112 valence electrons. The smallest absolute Gasteiger partial charge is 0.331 e. The lowest BCUT2D eigenvalue weighted by atomic mass is 10.2. The van der Waals surface area contributed by atoms with Gasteiger partial charge in [0.2, 0.25) is 0 Å². The molecular formula is C18H17NO3. The highest BCUT2D eigenvalue weighted by molar-refractivity contribution is 5.87. The van der Waals surface area contributed by atoms with Gasteiger partial charge in [-0.25, -0.2) is 4.79 Å². The molecular weight excluding hydrogens is 278 g/mol. The van der Waals surface area contributed by atoms with Gasteiger partial charge in [0.05, 0.1) is 5.69 Å². The molecule has 4 heteroatoms. The number of hydrogen-bond donors (Lipinski definition) is 0. The highest BCUT2D eigenvalue weighted by Crippen LogP contribution is 2.14. The van der Waals surface area contributed by atoms with Crippen LogP contribution in [-0.4, -0.2) is 17.6 Å². The molecule has 4 nitrogen and oxygen atoms in total. The highest BCUT2D eigenvalue weighted by Gasteiger charge is 1.98. The molecule has 0 saturated carbocycles. The molecule has 0 fully saturated rings. The lowest BCUT2D eigenvalue weighted by Crippen LogP contribution is -1.99. The van der Waals surface area contributed by atoms with Crippen molar-refractivity contribution in [2.45, 2.75) is 6.61 Å². The van der Waals surface area contributed by atoms with E-state index >= 15 is 0 Å². The van der Waals surface area contributed by atoms with Crippen LogP contribution in [0.2, 0.25) is 0 Å². The first-order valence-electron chi connectivity index (χ1n) is 6.86. The number of benzene rings is 1. The van der Waals surface area contributed by atoms with Gasteiger partial charge in [0, 0.05) is 12.3 Å². The van der Waals surface area contributed by atoms with Crippen molar-refractivity contribution in [1.29, 1.82) is 0 Å². The number of aromatic nitrogens is 1. The van der Waals surface area contributed by atoms with E-state index in [0.29, 0.717) is 6.61 Å². The SMILES string of the molecule is C=CCOC(=O)C=Cc1ccc(OCc2ccccn2)cc1. The second kappa shape index (κ2) is 8.42. The minimum atomic E-state index is -0.393. The average Bonchev–Trinajstić information content (AvgIpc) is 2.58. The van der Waals surface area contributed by atoms with E-state index in [9.17, 15) is 4.79 Å². The molecule has 0 aliphatic rings. The third-order valence-electron chi connectivity index (χ3n) is 2.75. The zero-order chi connectivity index (χ0) is 15.6. The first-order chi connectivity index (χ1) is 10.8. The van der Waals surface area contributed by atoms with E-state index < -0.39 is 5.97 Å². The Balaban J connectivity index is 1.86. The zero-order valence-electron chi connectivity index (χ0n) is 12.1. The molecule has 2 aromatic rings. The third kappa shape index (κ3) is 5.25. The largest absolute Gasteiger partial charge is 0.487 e. The molecule has 0 atom stereocenters. The molecule has 0 unspecified atom stereocenters.